The summed E-state index contributed by atoms with van der Waals surface area (Å²) in [4.78, 5) is 40.3. The number of fused-ring (bicyclic) bond motifs is 1. The number of non-ortho nitro benzene ring substituents is 1. The van der Waals surface area contributed by atoms with Crippen LogP contribution in [0, 0.1) is 21.4 Å². The second-order valence-corrected chi connectivity index (χ2v) is 7.95. The summed E-state index contributed by atoms with van der Waals surface area (Å²) in [5.41, 5.74) is 2.10. The zero-order valence-corrected chi connectivity index (χ0v) is 19.7. The van der Waals surface area contributed by atoms with Gasteiger partial charge in [-0.25, -0.2) is 4.99 Å². The molecule has 10 nitrogen and oxygen atoms in total. The van der Waals surface area contributed by atoms with E-state index >= 15 is 0 Å². The van der Waals surface area contributed by atoms with Gasteiger partial charge in [0.05, 0.1) is 17.7 Å². The van der Waals surface area contributed by atoms with E-state index in [4.69, 9.17) is 4.74 Å². The van der Waals surface area contributed by atoms with Crippen LogP contribution < -0.4 is 15.4 Å². The molecule has 2 N–H and O–H groups in total. The Kier molecular flexibility index (Phi) is 7.35. The minimum atomic E-state index is -0.576. The predicted molar refractivity (Wildman–Crippen MR) is 136 cm³/mol. The van der Waals surface area contributed by atoms with Gasteiger partial charge < -0.3 is 15.4 Å². The molecular formula is C27H21N5O5. The largest absolute Gasteiger partial charge is 0.497 e. The number of nitro benzene ring substituents is 1. The molecule has 0 bridgehead atoms. The number of nitriles is 1. The monoisotopic (exact) mass is 495 g/mol. The van der Waals surface area contributed by atoms with Crippen LogP contribution >= 0.6 is 0 Å². The number of carbonyl (C=O) groups is 2. The molecule has 3 aromatic rings. The average Bonchev–Trinajstić information content (AvgIpc) is 3.27. The first-order valence-electron chi connectivity index (χ1n) is 11.2. The van der Waals surface area contributed by atoms with Crippen molar-refractivity contribution in [2.75, 3.05) is 13.7 Å². The van der Waals surface area contributed by atoms with Crippen LogP contribution in [0.15, 0.2) is 83.4 Å². The number of amides is 2. The molecule has 0 spiro atoms. The van der Waals surface area contributed by atoms with Crippen molar-refractivity contribution >= 4 is 29.0 Å². The highest BCUT2D eigenvalue weighted by Crippen LogP contribution is 2.30. The molecule has 0 saturated heterocycles. The first kappa shape index (κ1) is 24.8. The lowest BCUT2D eigenvalue weighted by Gasteiger charge is -2.07. The zero-order valence-electron chi connectivity index (χ0n) is 19.7. The number of nitrogens with zero attached hydrogens (tertiary/aromatic N) is 3. The van der Waals surface area contributed by atoms with Gasteiger partial charge in [-0.3, -0.25) is 19.7 Å². The second kappa shape index (κ2) is 11.0. The number of rotatable bonds is 7. The Balaban J connectivity index is 1.53. The SMILES string of the molecule is COc1ccc(CCNC(=O)/C(C#N)=C2/N=C(NC(=O)c3ccc([N+](=O)[O-])cc3)c3ccccc32)cc1. The highest BCUT2D eigenvalue weighted by molar-refractivity contribution is 6.20. The summed E-state index contributed by atoms with van der Waals surface area (Å²) in [5, 5.41) is 26.1. The summed E-state index contributed by atoms with van der Waals surface area (Å²) in [6.07, 6.45) is 0.556. The quantitative estimate of drug-likeness (QED) is 0.222. The van der Waals surface area contributed by atoms with Crippen molar-refractivity contribution in [3.63, 3.8) is 0 Å². The number of hydrogen-bond donors (Lipinski definition) is 2. The van der Waals surface area contributed by atoms with Crippen molar-refractivity contribution < 1.29 is 19.2 Å². The van der Waals surface area contributed by atoms with Crippen molar-refractivity contribution in [3.05, 3.63) is 111 Å². The number of ether oxygens (including phenoxy) is 1. The molecule has 0 unspecified atom stereocenters. The van der Waals surface area contributed by atoms with Crippen molar-refractivity contribution in [1.82, 2.24) is 10.6 Å². The van der Waals surface area contributed by atoms with Gasteiger partial charge in [0.15, 0.2) is 0 Å². The maximum atomic E-state index is 12.9. The Labute approximate surface area is 212 Å². The molecule has 4 rings (SSSR count). The maximum absolute atomic E-state index is 12.9. The fourth-order valence-corrected chi connectivity index (χ4v) is 3.74. The van der Waals surface area contributed by atoms with Crippen LogP contribution in [-0.4, -0.2) is 36.2 Å². The number of nitrogens with one attached hydrogen (secondary N) is 2. The number of methoxy groups -OCH3 is 1. The van der Waals surface area contributed by atoms with E-state index in [1.165, 1.54) is 24.3 Å². The van der Waals surface area contributed by atoms with Crippen molar-refractivity contribution in [1.29, 1.82) is 5.26 Å². The van der Waals surface area contributed by atoms with E-state index in [-0.39, 0.29) is 28.4 Å². The average molecular weight is 495 g/mol. The molecule has 1 heterocycles. The molecule has 3 aromatic carbocycles. The molecule has 0 atom stereocenters. The lowest BCUT2D eigenvalue weighted by molar-refractivity contribution is -0.384. The molecule has 37 heavy (non-hydrogen) atoms. The van der Waals surface area contributed by atoms with E-state index < -0.39 is 16.7 Å². The predicted octanol–water partition coefficient (Wildman–Crippen LogP) is 3.39. The van der Waals surface area contributed by atoms with E-state index in [1.54, 1.807) is 31.4 Å². The highest BCUT2D eigenvalue weighted by Gasteiger charge is 2.27. The van der Waals surface area contributed by atoms with Gasteiger partial charge in [0.2, 0.25) is 0 Å². The second-order valence-electron chi connectivity index (χ2n) is 7.95. The molecule has 0 radical (unpaired) electrons. The summed E-state index contributed by atoms with van der Waals surface area (Å²) in [7, 11) is 1.59. The smallest absolute Gasteiger partial charge is 0.269 e. The van der Waals surface area contributed by atoms with Crippen molar-refractivity contribution in [2.45, 2.75) is 6.42 Å². The standard InChI is InChI=1S/C27H21N5O5/c1-37-20-12-6-17(7-13-20)14-15-29-27(34)23(16-28)24-21-4-2-3-5-22(21)25(30-24)31-26(33)18-8-10-19(11-9-18)32(35)36/h2-13H,14-15H2,1H3,(H,29,34)(H,30,31,33)/b24-23+. The number of nitro groups is 1. The fraction of sp³-hybridized carbons (Fsp3) is 0.111. The number of carbonyl (C=O) groups excluding carboxylic acids is 2. The first-order valence-corrected chi connectivity index (χ1v) is 11.2. The topological polar surface area (TPSA) is 147 Å². The van der Waals surface area contributed by atoms with Gasteiger partial charge >= 0.3 is 0 Å². The normalized spacial score (nSPS) is 13.0. The molecular weight excluding hydrogens is 474 g/mol. The van der Waals surface area contributed by atoms with Gasteiger partial charge in [-0.05, 0) is 36.2 Å². The van der Waals surface area contributed by atoms with Crippen molar-refractivity contribution in [3.8, 4) is 11.8 Å². The minimum absolute atomic E-state index is 0.137. The van der Waals surface area contributed by atoms with E-state index in [9.17, 15) is 25.0 Å². The van der Waals surface area contributed by atoms with Gasteiger partial charge in [-0.15, -0.1) is 0 Å². The number of aliphatic imine (C=N–C) groups is 1. The van der Waals surface area contributed by atoms with E-state index in [0.29, 0.717) is 24.1 Å². The van der Waals surface area contributed by atoms with Crippen LogP contribution in [0.2, 0.25) is 0 Å². The number of benzene rings is 3. The van der Waals surface area contributed by atoms with Gasteiger partial charge in [0.1, 0.15) is 23.2 Å². The fourth-order valence-electron chi connectivity index (χ4n) is 3.74. The van der Waals surface area contributed by atoms with Gasteiger partial charge in [0.25, 0.3) is 17.5 Å². The molecule has 0 aromatic heterocycles. The van der Waals surface area contributed by atoms with Crippen LogP contribution in [-0.2, 0) is 11.2 Å². The van der Waals surface area contributed by atoms with Crippen LogP contribution in [0.25, 0.3) is 5.70 Å². The van der Waals surface area contributed by atoms with Crippen molar-refractivity contribution in [2.24, 2.45) is 4.99 Å². The summed E-state index contributed by atoms with van der Waals surface area (Å²) in [6, 6.07) is 21.4. The summed E-state index contributed by atoms with van der Waals surface area (Å²) < 4.78 is 5.14. The van der Waals surface area contributed by atoms with Crippen LogP contribution in [0.1, 0.15) is 27.0 Å². The maximum Gasteiger partial charge on any atom is 0.269 e. The molecule has 10 heteroatoms. The highest BCUT2D eigenvalue weighted by atomic mass is 16.6. The third kappa shape index (κ3) is 5.52. The van der Waals surface area contributed by atoms with Crippen LogP contribution in [0.5, 0.6) is 5.75 Å². The molecule has 0 fully saturated rings. The van der Waals surface area contributed by atoms with Gasteiger partial charge in [0, 0.05) is 35.4 Å². The molecule has 0 aliphatic carbocycles. The Hall–Kier alpha value is -5.30. The number of amidine groups is 1. The molecule has 1 aliphatic heterocycles. The number of hydrogen-bond acceptors (Lipinski definition) is 7. The van der Waals surface area contributed by atoms with Gasteiger partial charge in [-0.1, -0.05) is 36.4 Å². The molecule has 2 amide bonds. The third-order valence-electron chi connectivity index (χ3n) is 5.67. The Morgan fingerprint density at radius 3 is 2.32 bits per heavy atom. The van der Waals surface area contributed by atoms with E-state index in [1.807, 2.05) is 30.3 Å². The summed E-state index contributed by atoms with van der Waals surface area (Å²) >= 11 is 0. The summed E-state index contributed by atoms with van der Waals surface area (Å²) in [6.45, 7) is 0.304. The Morgan fingerprint density at radius 2 is 1.70 bits per heavy atom. The first-order chi connectivity index (χ1) is 17.9. The Morgan fingerprint density at radius 1 is 1.03 bits per heavy atom. The zero-order chi connectivity index (χ0) is 26.4. The van der Waals surface area contributed by atoms with Crippen LogP contribution in [0.4, 0.5) is 5.69 Å². The minimum Gasteiger partial charge on any atom is -0.497 e. The molecule has 1 aliphatic rings. The van der Waals surface area contributed by atoms with Gasteiger partial charge in [-0.2, -0.15) is 5.26 Å². The molecule has 184 valence electrons. The lowest BCUT2D eigenvalue weighted by Crippen LogP contribution is -2.30. The summed E-state index contributed by atoms with van der Waals surface area (Å²) in [5.74, 6) is -0.203. The van der Waals surface area contributed by atoms with E-state index in [0.717, 1.165) is 11.3 Å². The van der Waals surface area contributed by atoms with E-state index in [2.05, 4.69) is 15.6 Å². The lowest BCUT2D eigenvalue weighted by atomic mass is 10.0. The van der Waals surface area contributed by atoms with Crippen LogP contribution in [0.3, 0.4) is 0 Å². The third-order valence-corrected chi connectivity index (χ3v) is 5.67. The Bertz CT molecular complexity index is 1470. The molecule has 0 saturated carbocycles.